The van der Waals surface area contributed by atoms with Crippen LogP contribution in [0.4, 0.5) is 22.1 Å². The summed E-state index contributed by atoms with van der Waals surface area (Å²) in [6.45, 7) is 4.86. The van der Waals surface area contributed by atoms with Crippen LogP contribution in [-0.2, 0) is 14.3 Å². The molecule has 3 aliphatic rings. The molecule has 224 valence electrons. The molecule has 13 heteroatoms. The minimum atomic E-state index is -0.255. The first kappa shape index (κ1) is 27.3. The van der Waals surface area contributed by atoms with E-state index in [1.165, 1.54) is 0 Å². The maximum absolute atomic E-state index is 12.5. The molecule has 1 aliphatic carbocycles. The van der Waals surface area contributed by atoms with E-state index in [0.29, 0.717) is 55.9 Å². The van der Waals surface area contributed by atoms with E-state index in [-0.39, 0.29) is 30.1 Å². The number of ether oxygens (including phenoxy) is 2. The quantitative estimate of drug-likeness (QED) is 0.295. The molecule has 0 spiro atoms. The van der Waals surface area contributed by atoms with Crippen LogP contribution in [0, 0.1) is 5.92 Å². The van der Waals surface area contributed by atoms with E-state index in [4.69, 9.17) is 19.6 Å². The normalized spacial score (nSPS) is 20.0. The molecule has 2 bridgehead atoms. The Morgan fingerprint density at radius 3 is 2.63 bits per heavy atom. The van der Waals surface area contributed by atoms with Crippen molar-refractivity contribution in [3.63, 3.8) is 0 Å². The fraction of sp³-hybridized carbons (Fsp3) is 0.467. The van der Waals surface area contributed by atoms with Gasteiger partial charge in [0.15, 0.2) is 11.5 Å². The Morgan fingerprint density at radius 2 is 1.88 bits per heavy atom. The Morgan fingerprint density at radius 1 is 1.07 bits per heavy atom. The number of hydrogen-bond acceptors (Lipinski definition) is 10. The highest BCUT2D eigenvalue weighted by Crippen LogP contribution is 2.34. The van der Waals surface area contributed by atoms with Crippen LogP contribution in [0.2, 0.25) is 0 Å². The highest BCUT2D eigenvalue weighted by atomic mass is 16.6. The third-order valence-electron chi connectivity index (χ3n) is 8.19. The summed E-state index contributed by atoms with van der Waals surface area (Å²) in [5.41, 5.74) is 2.45. The monoisotopic (exact) mass is 585 g/mol. The van der Waals surface area contributed by atoms with E-state index in [1.54, 1.807) is 21.8 Å². The summed E-state index contributed by atoms with van der Waals surface area (Å²) in [5.74, 6) is 1.79. The molecule has 3 fully saturated rings. The Balaban J connectivity index is 1.12. The number of unbranched alkanes of at least 4 members (excludes halogenated alkanes) is 1. The van der Waals surface area contributed by atoms with Gasteiger partial charge in [-0.05, 0) is 37.5 Å². The second-order valence-corrected chi connectivity index (χ2v) is 11.4. The lowest BCUT2D eigenvalue weighted by molar-refractivity contribution is -0.117. The van der Waals surface area contributed by atoms with Crippen LogP contribution >= 0.6 is 0 Å². The summed E-state index contributed by atoms with van der Waals surface area (Å²) in [4.78, 5) is 42.8. The van der Waals surface area contributed by atoms with Crippen molar-refractivity contribution >= 4 is 45.7 Å². The number of nitrogens with one attached hydrogen (secondary N) is 2. The van der Waals surface area contributed by atoms with Crippen LogP contribution in [0.15, 0.2) is 36.8 Å². The summed E-state index contributed by atoms with van der Waals surface area (Å²) in [6, 6.07) is 5.86. The first-order chi connectivity index (χ1) is 21.0. The van der Waals surface area contributed by atoms with Gasteiger partial charge in [0.25, 0.3) is 0 Å². The topological polar surface area (TPSA) is 139 Å². The molecule has 43 heavy (non-hydrogen) atoms. The number of rotatable bonds is 8. The van der Waals surface area contributed by atoms with Crippen LogP contribution in [0.25, 0.3) is 27.8 Å². The number of aromatic nitrogens is 5. The van der Waals surface area contributed by atoms with Gasteiger partial charge >= 0.3 is 6.09 Å². The smallest absolute Gasteiger partial charge is 0.409 e. The van der Waals surface area contributed by atoms with Gasteiger partial charge in [0, 0.05) is 54.8 Å². The third-order valence-corrected chi connectivity index (χ3v) is 8.19. The Kier molecular flexibility index (Phi) is 7.17. The van der Waals surface area contributed by atoms with Gasteiger partial charge in [-0.2, -0.15) is 0 Å². The number of carbonyl (C=O) groups is 2. The SMILES string of the molecule is CCCCOC(=O)N1CC2CN(c3ccc4nc(-c5cnc(NC)c6cnc(NC(=O)C7CC7)cc56)nn4c3)CC(C1)O2. The molecule has 4 aromatic heterocycles. The standard InChI is InChI=1S/C30H35N9O4/c1-3-4-9-42-30(41)38-16-20-14-37(15-21(17-38)43-20)19-7-8-26-35-28(36-39(26)13-19)24-12-33-27(31-2)23-11-32-25(10-22(23)24)34-29(40)18-5-6-18/h7-8,10-13,18,20-21H,3-6,9,14-17H2,1-2H3,(H,31,33)(H,32,34,40). The fourth-order valence-electron chi connectivity index (χ4n) is 5.78. The summed E-state index contributed by atoms with van der Waals surface area (Å²) in [7, 11) is 1.81. The van der Waals surface area contributed by atoms with Gasteiger partial charge in [0.1, 0.15) is 11.6 Å². The second-order valence-electron chi connectivity index (χ2n) is 11.4. The lowest BCUT2D eigenvalue weighted by atomic mass is 10.1. The molecule has 6 heterocycles. The van der Waals surface area contributed by atoms with Crippen LogP contribution in [0.3, 0.4) is 0 Å². The van der Waals surface area contributed by atoms with Crippen LogP contribution in [-0.4, -0.2) is 93.5 Å². The van der Waals surface area contributed by atoms with Crippen LogP contribution < -0.4 is 15.5 Å². The highest BCUT2D eigenvalue weighted by Gasteiger charge is 2.37. The summed E-state index contributed by atoms with van der Waals surface area (Å²) in [6.07, 6.45) is 8.69. The predicted molar refractivity (Wildman–Crippen MR) is 161 cm³/mol. The molecular weight excluding hydrogens is 550 g/mol. The molecule has 13 nitrogen and oxygen atoms in total. The molecule has 7 rings (SSSR count). The maximum atomic E-state index is 12.5. The number of nitrogens with zero attached hydrogens (tertiary/aromatic N) is 7. The molecule has 2 amide bonds. The van der Waals surface area contributed by atoms with E-state index >= 15 is 0 Å². The van der Waals surface area contributed by atoms with E-state index in [1.807, 2.05) is 31.4 Å². The van der Waals surface area contributed by atoms with Crippen molar-refractivity contribution in [3.05, 3.63) is 36.8 Å². The molecule has 0 radical (unpaired) electrons. The van der Waals surface area contributed by atoms with Gasteiger partial charge in [-0.3, -0.25) is 4.79 Å². The Bertz CT molecular complexity index is 1670. The first-order valence-electron chi connectivity index (χ1n) is 15.0. The van der Waals surface area contributed by atoms with Crippen molar-refractivity contribution in [2.24, 2.45) is 5.92 Å². The zero-order chi connectivity index (χ0) is 29.5. The molecule has 4 aromatic rings. The predicted octanol–water partition coefficient (Wildman–Crippen LogP) is 3.56. The molecule has 2 unspecified atom stereocenters. The van der Waals surface area contributed by atoms with Gasteiger partial charge in [0.2, 0.25) is 5.91 Å². The molecule has 2 N–H and O–H groups in total. The van der Waals surface area contributed by atoms with Crippen molar-refractivity contribution < 1.29 is 19.1 Å². The van der Waals surface area contributed by atoms with E-state index in [2.05, 4.69) is 32.4 Å². The average molecular weight is 586 g/mol. The van der Waals surface area contributed by atoms with Crippen LogP contribution in [0.5, 0.6) is 0 Å². The summed E-state index contributed by atoms with van der Waals surface area (Å²) in [5, 5.41) is 12.5. The number of amides is 2. The van der Waals surface area contributed by atoms with E-state index in [0.717, 1.165) is 47.7 Å². The van der Waals surface area contributed by atoms with Crippen LogP contribution in [0.1, 0.15) is 32.6 Å². The number of morpholine rings is 2. The number of hydrogen-bond donors (Lipinski definition) is 2. The molecule has 2 aliphatic heterocycles. The zero-order valence-corrected chi connectivity index (χ0v) is 24.3. The minimum absolute atomic E-state index is 0.00143. The van der Waals surface area contributed by atoms with Gasteiger partial charge in [-0.1, -0.05) is 13.3 Å². The largest absolute Gasteiger partial charge is 0.449 e. The molecular formula is C30H35N9O4. The number of fused-ring (bicyclic) bond motifs is 4. The van der Waals surface area contributed by atoms with Gasteiger partial charge in [-0.15, -0.1) is 5.10 Å². The van der Waals surface area contributed by atoms with Crippen molar-refractivity contribution in [2.45, 2.75) is 44.8 Å². The Labute approximate surface area is 248 Å². The van der Waals surface area contributed by atoms with Gasteiger partial charge in [-0.25, -0.2) is 24.3 Å². The van der Waals surface area contributed by atoms with E-state index < -0.39 is 0 Å². The number of carbonyl (C=O) groups excluding carboxylic acids is 2. The molecule has 1 saturated carbocycles. The first-order valence-corrected chi connectivity index (χ1v) is 15.0. The maximum Gasteiger partial charge on any atom is 0.409 e. The fourth-order valence-corrected chi connectivity index (χ4v) is 5.78. The molecule has 0 aromatic carbocycles. The third kappa shape index (κ3) is 5.52. The lowest BCUT2D eigenvalue weighted by Gasteiger charge is -2.46. The van der Waals surface area contributed by atoms with Gasteiger partial charge in [0.05, 0.1) is 43.8 Å². The number of anilines is 3. The molecule has 2 atom stereocenters. The zero-order valence-electron chi connectivity index (χ0n) is 24.3. The summed E-state index contributed by atoms with van der Waals surface area (Å²) < 4.78 is 13.4. The minimum Gasteiger partial charge on any atom is -0.449 e. The summed E-state index contributed by atoms with van der Waals surface area (Å²) >= 11 is 0. The van der Waals surface area contributed by atoms with Gasteiger partial charge < -0.3 is 29.9 Å². The van der Waals surface area contributed by atoms with Crippen molar-refractivity contribution in [1.82, 2.24) is 29.5 Å². The van der Waals surface area contributed by atoms with Crippen molar-refractivity contribution in [2.75, 3.05) is 55.4 Å². The van der Waals surface area contributed by atoms with Crippen molar-refractivity contribution in [1.29, 1.82) is 0 Å². The second kappa shape index (κ2) is 11.3. The molecule has 2 saturated heterocycles. The average Bonchev–Trinajstić information content (AvgIpc) is 3.79. The lowest BCUT2D eigenvalue weighted by Crippen LogP contribution is -2.60. The number of pyridine rings is 3. The highest BCUT2D eigenvalue weighted by molar-refractivity contribution is 6.03. The van der Waals surface area contributed by atoms with Crippen molar-refractivity contribution in [3.8, 4) is 11.4 Å². The Hall–Kier alpha value is -4.52. The van der Waals surface area contributed by atoms with E-state index in [9.17, 15) is 9.59 Å².